The molecule has 0 aromatic carbocycles. The third-order valence-electron chi connectivity index (χ3n) is 5.17. The van der Waals surface area contributed by atoms with E-state index in [9.17, 15) is 4.79 Å². The maximum atomic E-state index is 12.6. The van der Waals surface area contributed by atoms with E-state index in [-0.39, 0.29) is 11.3 Å². The Morgan fingerprint density at radius 2 is 2.12 bits per heavy atom. The Kier molecular flexibility index (Phi) is 5.59. The van der Waals surface area contributed by atoms with Crippen LogP contribution in [0, 0.1) is 11.3 Å². The summed E-state index contributed by atoms with van der Waals surface area (Å²) in [5.74, 6) is 1.92. The molecule has 0 atom stereocenters. The number of amides is 1. The second-order valence-corrected chi connectivity index (χ2v) is 7.45. The third-order valence-corrected chi connectivity index (χ3v) is 5.17. The minimum atomic E-state index is -0.343. The highest BCUT2D eigenvalue weighted by Gasteiger charge is 2.43. The Labute approximate surface area is 149 Å². The molecule has 1 N–H and O–H groups in total. The number of ether oxygens (including phenoxy) is 2. The van der Waals surface area contributed by atoms with Crippen molar-refractivity contribution in [3.63, 3.8) is 0 Å². The molecule has 1 aliphatic carbocycles. The third kappa shape index (κ3) is 4.50. The molecule has 2 fully saturated rings. The summed E-state index contributed by atoms with van der Waals surface area (Å²) in [6.45, 7) is 10.7. The zero-order valence-electron chi connectivity index (χ0n) is 15.5. The van der Waals surface area contributed by atoms with Crippen molar-refractivity contribution in [1.82, 2.24) is 9.88 Å². The molecule has 1 saturated carbocycles. The van der Waals surface area contributed by atoms with Crippen LogP contribution in [-0.2, 0) is 16.1 Å². The molecule has 25 heavy (non-hydrogen) atoms. The van der Waals surface area contributed by atoms with E-state index < -0.39 is 0 Å². The first kappa shape index (κ1) is 18.1. The van der Waals surface area contributed by atoms with E-state index in [1.807, 2.05) is 26.8 Å². The Hall–Kier alpha value is -1.66. The quantitative estimate of drug-likeness (QED) is 0.822. The van der Waals surface area contributed by atoms with Gasteiger partial charge < -0.3 is 14.8 Å². The van der Waals surface area contributed by atoms with Gasteiger partial charge in [0.1, 0.15) is 11.6 Å². The second kappa shape index (κ2) is 7.70. The van der Waals surface area contributed by atoms with Crippen molar-refractivity contribution in [2.45, 2.75) is 40.2 Å². The molecular formula is C19H29N3O3. The topological polar surface area (TPSA) is 63.7 Å². The van der Waals surface area contributed by atoms with Crippen molar-refractivity contribution < 1.29 is 14.3 Å². The second-order valence-electron chi connectivity index (χ2n) is 7.45. The van der Waals surface area contributed by atoms with E-state index >= 15 is 0 Å². The molecule has 1 aliphatic heterocycles. The van der Waals surface area contributed by atoms with E-state index in [0.29, 0.717) is 18.3 Å². The van der Waals surface area contributed by atoms with Gasteiger partial charge in [-0.1, -0.05) is 13.8 Å². The van der Waals surface area contributed by atoms with Gasteiger partial charge in [0.05, 0.1) is 26.0 Å². The van der Waals surface area contributed by atoms with Gasteiger partial charge in [0.15, 0.2) is 0 Å². The summed E-state index contributed by atoms with van der Waals surface area (Å²) < 4.78 is 11.1. The van der Waals surface area contributed by atoms with Crippen molar-refractivity contribution in [3.8, 4) is 5.75 Å². The van der Waals surface area contributed by atoms with Gasteiger partial charge in [-0.15, -0.1) is 0 Å². The highest BCUT2D eigenvalue weighted by atomic mass is 16.5. The Bertz CT molecular complexity index is 608. The first-order valence-electron chi connectivity index (χ1n) is 9.24. The van der Waals surface area contributed by atoms with Crippen molar-refractivity contribution >= 4 is 11.7 Å². The van der Waals surface area contributed by atoms with Crippen LogP contribution in [0.5, 0.6) is 5.75 Å². The fraction of sp³-hybridized carbons (Fsp3) is 0.684. The van der Waals surface area contributed by atoms with Crippen LogP contribution in [0.1, 0.15) is 39.2 Å². The van der Waals surface area contributed by atoms with E-state index in [4.69, 9.17) is 9.47 Å². The Morgan fingerprint density at radius 3 is 2.76 bits per heavy atom. The lowest BCUT2D eigenvalue weighted by atomic mass is 9.86. The SMILES string of the molecule is CCOc1cnc(NC(=O)C(C)(C)C2CC2)cc1CN1CCOCC1. The van der Waals surface area contributed by atoms with Crippen molar-refractivity contribution in [2.24, 2.45) is 11.3 Å². The monoisotopic (exact) mass is 347 g/mol. The summed E-state index contributed by atoms with van der Waals surface area (Å²) in [5.41, 5.74) is 0.711. The van der Waals surface area contributed by atoms with Gasteiger partial charge in [0.25, 0.3) is 0 Å². The van der Waals surface area contributed by atoms with Crippen molar-refractivity contribution in [2.75, 3.05) is 38.2 Å². The van der Waals surface area contributed by atoms with Crippen LogP contribution in [-0.4, -0.2) is 48.7 Å². The summed E-state index contributed by atoms with van der Waals surface area (Å²) >= 11 is 0. The number of morpholine rings is 1. The molecule has 6 heteroatoms. The normalized spacial score (nSPS) is 18.8. The maximum Gasteiger partial charge on any atom is 0.231 e. The Balaban J connectivity index is 1.73. The highest BCUT2D eigenvalue weighted by molar-refractivity contribution is 5.94. The maximum absolute atomic E-state index is 12.6. The summed E-state index contributed by atoms with van der Waals surface area (Å²) in [6, 6.07) is 1.95. The molecule has 2 heterocycles. The van der Waals surface area contributed by atoms with E-state index in [0.717, 1.165) is 57.0 Å². The van der Waals surface area contributed by atoms with E-state index in [1.165, 1.54) is 0 Å². The van der Waals surface area contributed by atoms with Gasteiger partial charge in [0, 0.05) is 30.6 Å². The molecule has 0 radical (unpaired) electrons. The number of pyridine rings is 1. The molecule has 1 saturated heterocycles. The molecule has 1 aromatic rings. The van der Waals surface area contributed by atoms with Gasteiger partial charge in [-0.3, -0.25) is 9.69 Å². The number of aromatic nitrogens is 1. The fourth-order valence-electron chi connectivity index (χ4n) is 3.23. The van der Waals surface area contributed by atoms with E-state index in [1.54, 1.807) is 6.20 Å². The van der Waals surface area contributed by atoms with Crippen LogP contribution in [0.4, 0.5) is 5.82 Å². The van der Waals surface area contributed by atoms with Gasteiger partial charge in [0.2, 0.25) is 5.91 Å². The first-order chi connectivity index (χ1) is 12.0. The van der Waals surface area contributed by atoms with E-state index in [2.05, 4.69) is 15.2 Å². The summed E-state index contributed by atoms with van der Waals surface area (Å²) in [6.07, 6.45) is 4.00. The number of nitrogens with zero attached hydrogens (tertiary/aromatic N) is 2. The first-order valence-corrected chi connectivity index (χ1v) is 9.24. The molecule has 2 aliphatic rings. The highest BCUT2D eigenvalue weighted by Crippen LogP contribution is 2.45. The number of hydrogen-bond acceptors (Lipinski definition) is 5. The van der Waals surface area contributed by atoms with Crippen LogP contribution >= 0.6 is 0 Å². The smallest absolute Gasteiger partial charge is 0.231 e. The zero-order valence-corrected chi connectivity index (χ0v) is 15.5. The number of carbonyl (C=O) groups is 1. The largest absolute Gasteiger partial charge is 0.492 e. The average Bonchev–Trinajstić information content (AvgIpc) is 3.44. The zero-order chi connectivity index (χ0) is 17.9. The number of hydrogen-bond donors (Lipinski definition) is 1. The van der Waals surface area contributed by atoms with Crippen LogP contribution < -0.4 is 10.1 Å². The fourth-order valence-corrected chi connectivity index (χ4v) is 3.23. The minimum absolute atomic E-state index is 0.0454. The summed E-state index contributed by atoms with van der Waals surface area (Å²) in [4.78, 5) is 19.3. The number of anilines is 1. The Morgan fingerprint density at radius 1 is 1.40 bits per heavy atom. The molecule has 1 amide bonds. The predicted molar refractivity (Wildman–Crippen MR) is 96.6 cm³/mol. The number of rotatable bonds is 7. The molecular weight excluding hydrogens is 318 g/mol. The van der Waals surface area contributed by atoms with Crippen LogP contribution in [0.15, 0.2) is 12.3 Å². The molecule has 3 rings (SSSR count). The number of carbonyl (C=O) groups excluding carboxylic acids is 1. The average molecular weight is 347 g/mol. The number of nitrogens with one attached hydrogen (secondary N) is 1. The molecule has 0 unspecified atom stereocenters. The van der Waals surface area contributed by atoms with Gasteiger partial charge in [-0.05, 0) is 31.7 Å². The van der Waals surface area contributed by atoms with Crippen LogP contribution in [0.2, 0.25) is 0 Å². The predicted octanol–water partition coefficient (Wildman–Crippen LogP) is 2.69. The van der Waals surface area contributed by atoms with Gasteiger partial charge in [-0.25, -0.2) is 4.98 Å². The minimum Gasteiger partial charge on any atom is -0.492 e. The van der Waals surface area contributed by atoms with Crippen LogP contribution in [0.25, 0.3) is 0 Å². The lowest BCUT2D eigenvalue weighted by Gasteiger charge is -2.27. The molecule has 1 aromatic heterocycles. The van der Waals surface area contributed by atoms with Gasteiger partial charge >= 0.3 is 0 Å². The summed E-state index contributed by atoms with van der Waals surface area (Å²) in [5, 5.41) is 3.00. The standard InChI is InChI=1S/C19H29N3O3/c1-4-25-16-12-20-17(21-18(23)19(2,3)15-5-6-15)11-14(16)13-22-7-9-24-10-8-22/h11-12,15H,4-10,13H2,1-3H3,(H,20,21,23). The lowest BCUT2D eigenvalue weighted by Crippen LogP contribution is -2.36. The lowest BCUT2D eigenvalue weighted by molar-refractivity contribution is -0.124. The molecule has 0 spiro atoms. The van der Waals surface area contributed by atoms with Crippen molar-refractivity contribution in [3.05, 3.63) is 17.8 Å². The van der Waals surface area contributed by atoms with Crippen LogP contribution in [0.3, 0.4) is 0 Å². The molecule has 6 nitrogen and oxygen atoms in total. The van der Waals surface area contributed by atoms with Crippen molar-refractivity contribution in [1.29, 1.82) is 0 Å². The molecule has 0 bridgehead atoms. The molecule has 138 valence electrons. The summed E-state index contributed by atoms with van der Waals surface area (Å²) in [7, 11) is 0. The van der Waals surface area contributed by atoms with Gasteiger partial charge in [-0.2, -0.15) is 0 Å².